The Morgan fingerprint density at radius 2 is 2.33 bits per heavy atom. The highest BCUT2D eigenvalue weighted by Gasteiger charge is 2.14. The first-order chi connectivity index (χ1) is 7.24. The topological polar surface area (TPSA) is 87.0 Å². The molecule has 82 valence electrons. The third-order valence-corrected chi connectivity index (χ3v) is 2.30. The number of anilines is 1. The van der Waals surface area contributed by atoms with E-state index in [0.717, 1.165) is 19.4 Å². The molecule has 6 nitrogen and oxygen atoms in total. The molecule has 2 rings (SSSR count). The Morgan fingerprint density at radius 3 is 3.00 bits per heavy atom. The lowest BCUT2D eigenvalue weighted by molar-refractivity contribution is 0.120. The number of ether oxygens (including phenoxy) is 1. The molecule has 1 aromatic heterocycles. The van der Waals surface area contributed by atoms with E-state index in [1.807, 2.05) is 0 Å². The van der Waals surface area contributed by atoms with E-state index in [0.29, 0.717) is 12.4 Å². The van der Waals surface area contributed by atoms with Crippen LogP contribution in [0, 0.1) is 0 Å². The van der Waals surface area contributed by atoms with Gasteiger partial charge in [0.15, 0.2) is 0 Å². The molecule has 2 heterocycles. The molecule has 1 saturated heterocycles. The highest BCUT2D eigenvalue weighted by molar-refractivity contribution is 5.31. The molecule has 6 heteroatoms. The molecule has 1 aliphatic heterocycles. The molecule has 0 spiro atoms. The number of aromatic amines is 2. The molecule has 0 unspecified atom stereocenters. The zero-order valence-electron chi connectivity index (χ0n) is 8.21. The molecular formula is C9H13N3O3. The predicted molar refractivity (Wildman–Crippen MR) is 55.1 cm³/mol. The van der Waals surface area contributed by atoms with Gasteiger partial charge in [0, 0.05) is 19.2 Å². The van der Waals surface area contributed by atoms with Crippen molar-refractivity contribution in [1.82, 2.24) is 9.97 Å². The van der Waals surface area contributed by atoms with Crippen molar-refractivity contribution >= 4 is 5.82 Å². The van der Waals surface area contributed by atoms with E-state index in [1.165, 1.54) is 6.07 Å². The van der Waals surface area contributed by atoms with Crippen LogP contribution in [-0.4, -0.2) is 29.2 Å². The minimum Gasteiger partial charge on any atom is -0.376 e. The van der Waals surface area contributed by atoms with Crippen LogP contribution in [0.1, 0.15) is 12.8 Å². The Morgan fingerprint density at radius 1 is 1.47 bits per heavy atom. The second-order valence-corrected chi connectivity index (χ2v) is 3.52. The predicted octanol–water partition coefficient (Wildman–Crippen LogP) is -0.346. The molecule has 1 aromatic rings. The standard InChI is InChI=1S/C9H13N3O3/c13-8-4-7(11-9(14)12-8)10-5-6-2-1-3-15-6/h4,6H,1-3,5H2,(H3,10,11,12,13,14)/t6-/m1/s1. The van der Waals surface area contributed by atoms with Gasteiger partial charge in [0.2, 0.25) is 0 Å². The Bertz CT molecular complexity index is 402. The molecule has 0 saturated carbocycles. The summed E-state index contributed by atoms with van der Waals surface area (Å²) in [6.07, 6.45) is 2.26. The monoisotopic (exact) mass is 211 g/mol. The number of H-pyrrole nitrogens is 2. The fourth-order valence-electron chi connectivity index (χ4n) is 1.59. The molecule has 1 atom stereocenters. The van der Waals surface area contributed by atoms with Gasteiger partial charge in [-0.1, -0.05) is 0 Å². The van der Waals surface area contributed by atoms with Crippen molar-refractivity contribution < 1.29 is 4.74 Å². The van der Waals surface area contributed by atoms with Gasteiger partial charge in [-0.3, -0.25) is 14.8 Å². The first kappa shape index (κ1) is 9.97. The largest absolute Gasteiger partial charge is 0.376 e. The second kappa shape index (κ2) is 4.31. The molecule has 0 aliphatic carbocycles. The highest BCUT2D eigenvalue weighted by atomic mass is 16.5. The van der Waals surface area contributed by atoms with Gasteiger partial charge < -0.3 is 10.1 Å². The molecule has 0 bridgehead atoms. The number of hydrogen-bond donors (Lipinski definition) is 3. The van der Waals surface area contributed by atoms with Gasteiger partial charge in [0.1, 0.15) is 5.82 Å². The Labute approximate surface area is 85.7 Å². The average Bonchev–Trinajstić information content (AvgIpc) is 2.65. The first-order valence-corrected chi connectivity index (χ1v) is 4.93. The third kappa shape index (κ3) is 2.69. The third-order valence-electron chi connectivity index (χ3n) is 2.30. The van der Waals surface area contributed by atoms with E-state index in [-0.39, 0.29) is 6.10 Å². The summed E-state index contributed by atoms with van der Waals surface area (Å²) in [6, 6.07) is 1.32. The zero-order chi connectivity index (χ0) is 10.7. The fraction of sp³-hybridized carbons (Fsp3) is 0.556. The zero-order valence-corrected chi connectivity index (χ0v) is 8.21. The van der Waals surface area contributed by atoms with Crippen molar-refractivity contribution in [3.8, 4) is 0 Å². The van der Waals surface area contributed by atoms with Gasteiger partial charge in [-0.15, -0.1) is 0 Å². The number of rotatable bonds is 3. The maximum atomic E-state index is 11.0. The summed E-state index contributed by atoms with van der Waals surface area (Å²) >= 11 is 0. The summed E-state index contributed by atoms with van der Waals surface area (Å²) in [6.45, 7) is 1.40. The van der Waals surface area contributed by atoms with Crippen LogP contribution in [0.25, 0.3) is 0 Å². The second-order valence-electron chi connectivity index (χ2n) is 3.52. The van der Waals surface area contributed by atoms with Crippen molar-refractivity contribution in [1.29, 1.82) is 0 Å². The highest BCUT2D eigenvalue weighted by Crippen LogP contribution is 2.11. The summed E-state index contributed by atoms with van der Waals surface area (Å²) in [5, 5.41) is 2.97. The van der Waals surface area contributed by atoms with Crippen LogP contribution >= 0.6 is 0 Å². The van der Waals surface area contributed by atoms with Gasteiger partial charge in [-0.2, -0.15) is 0 Å². The lowest BCUT2D eigenvalue weighted by Gasteiger charge is -2.10. The Kier molecular flexibility index (Phi) is 2.86. The van der Waals surface area contributed by atoms with Gasteiger partial charge in [-0.05, 0) is 12.8 Å². The molecule has 0 amide bonds. The Balaban J connectivity index is 1.98. The van der Waals surface area contributed by atoms with Crippen LogP contribution in [0.4, 0.5) is 5.82 Å². The van der Waals surface area contributed by atoms with Crippen LogP contribution < -0.4 is 16.6 Å². The van der Waals surface area contributed by atoms with Crippen LogP contribution in [0.15, 0.2) is 15.7 Å². The van der Waals surface area contributed by atoms with Crippen molar-refractivity contribution in [3.05, 3.63) is 26.9 Å². The smallest absolute Gasteiger partial charge is 0.327 e. The first-order valence-electron chi connectivity index (χ1n) is 4.93. The van der Waals surface area contributed by atoms with Crippen LogP contribution in [0.5, 0.6) is 0 Å². The number of aromatic nitrogens is 2. The average molecular weight is 211 g/mol. The lowest BCUT2D eigenvalue weighted by Crippen LogP contribution is -2.25. The van der Waals surface area contributed by atoms with Gasteiger partial charge in [0.25, 0.3) is 5.56 Å². The van der Waals surface area contributed by atoms with E-state index in [1.54, 1.807) is 0 Å². The summed E-state index contributed by atoms with van der Waals surface area (Å²) in [5.74, 6) is 0.430. The molecule has 1 fully saturated rings. The lowest BCUT2D eigenvalue weighted by atomic mass is 10.2. The van der Waals surface area contributed by atoms with E-state index < -0.39 is 11.2 Å². The quantitative estimate of drug-likeness (QED) is 0.638. The molecular weight excluding hydrogens is 198 g/mol. The SMILES string of the molecule is O=c1cc(NC[C@H]2CCCO2)[nH]c(=O)[nH]1. The van der Waals surface area contributed by atoms with Crippen molar-refractivity contribution in [2.45, 2.75) is 18.9 Å². The molecule has 15 heavy (non-hydrogen) atoms. The van der Waals surface area contributed by atoms with E-state index in [9.17, 15) is 9.59 Å². The summed E-state index contributed by atoms with van der Waals surface area (Å²) in [4.78, 5) is 26.5. The molecule has 1 aliphatic rings. The van der Waals surface area contributed by atoms with Crippen LogP contribution in [-0.2, 0) is 4.74 Å². The maximum absolute atomic E-state index is 11.0. The van der Waals surface area contributed by atoms with Crippen molar-refractivity contribution in [2.75, 3.05) is 18.5 Å². The Hall–Kier alpha value is -1.56. The van der Waals surface area contributed by atoms with Crippen LogP contribution in [0.3, 0.4) is 0 Å². The summed E-state index contributed by atoms with van der Waals surface area (Å²) in [5.41, 5.74) is -0.911. The van der Waals surface area contributed by atoms with Gasteiger partial charge in [-0.25, -0.2) is 4.79 Å². The van der Waals surface area contributed by atoms with Crippen molar-refractivity contribution in [3.63, 3.8) is 0 Å². The fourth-order valence-corrected chi connectivity index (χ4v) is 1.59. The van der Waals surface area contributed by atoms with E-state index >= 15 is 0 Å². The van der Waals surface area contributed by atoms with E-state index in [2.05, 4.69) is 15.3 Å². The molecule has 3 N–H and O–H groups in total. The van der Waals surface area contributed by atoms with E-state index in [4.69, 9.17) is 4.74 Å². The minimum atomic E-state index is -0.502. The molecule has 0 aromatic carbocycles. The number of hydrogen-bond acceptors (Lipinski definition) is 4. The minimum absolute atomic E-state index is 0.174. The van der Waals surface area contributed by atoms with Crippen molar-refractivity contribution in [2.24, 2.45) is 0 Å². The summed E-state index contributed by atoms with van der Waals surface area (Å²) in [7, 11) is 0. The maximum Gasteiger partial charge on any atom is 0.327 e. The summed E-state index contributed by atoms with van der Waals surface area (Å²) < 4.78 is 5.39. The van der Waals surface area contributed by atoms with Crippen LogP contribution in [0.2, 0.25) is 0 Å². The number of nitrogens with one attached hydrogen (secondary N) is 3. The normalized spacial score (nSPS) is 20.4. The van der Waals surface area contributed by atoms with Gasteiger partial charge >= 0.3 is 5.69 Å². The van der Waals surface area contributed by atoms with Gasteiger partial charge in [0.05, 0.1) is 6.10 Å². The molecule has 0 radical (unpaired) electrons.